The lowest BCUT2D eigenvalue weighted by Crippen LogP contribution is -2.50. The molecule has 2 fully saturated rings. The zero-order valence-corrected chi connectivity index (χ0v) is 18.0. The van der Waals surface area contributed by atoms with Crippen molar-refractivity contribution < 1.29 is 9.59 Å². The van der Waals surface area contributed by atoms with Crippen LogP contribution in [0.5, 0.6) is 0 Å². The topological polar surface area (TPSA) is 56.8 Å². The molecule has 29 heavy (non-hydrogen) atoms. The molecule has 1 atom stereocenters. The van der Waals surface area contributed by atoms with E-state index in [1.807, 2.05) is 24.0 Å². The number of piperazine rings is 1. The quantitative estimate of drug-likeness (QED) is 0.758. The Balaban J connectivity index is 1.31. The molecule has 2 aromatic rings. The van der Waals surface area contributed by atoms with Crippen LogP contribution in [0.15, 0.2) is 29.6 Å². The first-order valence-corrected chi connectivity index (χ1v) is 11.2. The highest BCUT2D eigenvalue weighted by molar-refractivity contribution is 7.09. The second-order valence-corrected chi connectivity index (χ2v) is 8.95. The first kappa shape index (κ1) is 20.0. The Labute approximate surface area is 176 Å². The van der Waals surface area contributed by atoms with E-state index in [1.165, 1.54) is 5.56 Å². The molecular weight excluding hydrogens is 384 g/mol. The number of thiazole rings is 1. The van der Waals surface area contributed by atoms with Gasteiger partial charge in [0.2, 0.25) is 11.8 Å². The molecule has 4 rings (SSSR count). The number of amides is 2. The number of aryl methyl sites for hydroxylation is 2. The average molecular weight is 413 g/mol. The molecule has 0 radical (unpaired) electrons. The molecule has 0 saturated carbocycles. The number of anilines is 1. The summed E-state index contributed by atoms with van der Waals surface area (Å²) in [4.78, 5) is 36.1. The zero-order chi connectivity index (χ0) is 20.4. The number of hydrogen-bond donors (Lipinski definition) is 0. The Morgan fingerprint density at radius 1 is 1.17 bits per heavy atom. The van der Waals surface area contributed by atoms with Crippen molar-refractivity contribution in [2.75, 3.05) is 37.6 Å². The number of aromatic nitrogens is 1. The molecule has 154 valence electrons. The molecule has 0 N–H and O–H groups in total. The molecule has 1 aromatic carbocycles. The number of nitrogens with zero attached hydrogens (tertiary/aromatic N) is 4. The van der Waals surface area contributed by atoms with Crippen molar-refractivity contribution in [3.63, 3.8) is 0 Å². The summed E-state index contributed by atoms with van der Waals surface area (Å²) < 4.78 is 0. The van der Waals surface area contributed by atoms with Crippen molar-refractivity contribution in [1.82, 2.24) is 14.8 Å². The smallest absolute Gasteiger partial charge is 0.228 e. The van der Waals surface area contributed by atoms with Gasteiger partial charge in [0.05, 0.1) is 16.6 Å². The second kappa shape index (κ2) is 8.63. The standard InChI is InChI=1S/C22H28N4O2S/c1-3-17-4-6-20(7-5-17)26-13-18(12-21(26)27)22(28)25-10-8-24(9-11-25)14-19-15-29-16(2)23-19/h4-7,15,18H,3,8-14H2,1-2H3. The van der Waals surface area contributed by atoms with Crippen LogP contribution < -0.4 is 4.90 Å². The van der Waals surface area contributed by atoms with Crippen LogP contribution in [0.4, 0.5) is 5.69 Å². The molecule has 3 heterocycles. The Morgan fingerprint density at radius 3 is 2.52 bits per heavy atom. The summed E-state index contributed by atoms with van der Waals surface area (Å²) in [5.74, 6) is -0.0681. The molecule has 7 heteroatoms. The van der Waals surface area contributed by atoms with Crippen molar-refractivity contribution in [1.29, 1.82) is 0 Å². The summed E-state index contributed by atoms with van der Waals surface area (Å²) >= 11 is 1.68. The molecule has 6 nitrogen and oxygen atoms in total. The summed E-state index contributed by atoms with van der Waals surface area (Å²) in [6.45, 7) is 8.61. The first-order valence-electron chi connectivity index (χ1n) is 10.3. The van der Waals surface area contributed by atoms with Crippen LogP contribution >= 0.6 is 11.3 Å². The van der Waals surface area contributed by atoms with Crippen molar-refractivity contribution in [3.8, 4) is 0 Å². The summed E-state index contributed by atoms with van der Waals surface area (Å²) in [6, 6.07) is 8.09. The van der Waals surface area contributed by atoms with Crippen LogP contribution in [0.25, 0.3) is 0 Å². The molecule has 0 spiro atoms. The van der Waals surface area contributed by atoms with E-state index in [0.717, 1.165) is 55.5 Å². The van der Waals surface area contributed by atoms with Gasteiger partial charge in [-0.3, -0.25) is 14.5 Å². The van der Waals surface area contributed by atoms with E-state index in [9.17, 15) is 9.59 Å². The highest BCUT2D eigenvalue weighted by Gasteiger charge is 2.37. The number of carbonyl (C=O) groups is 2. The largest absolute Gasteiger partial charge is 0.340 e. The summed E-state index contributed by atoms with van der Waals surface area (Å²) in [6.07, 6.45) is 1.29. The Bertz CT molecular complexity index is 871. The predicted octanol–water partition coefficient (Wildman–Crippen LogP) is 2.71. The van der Waals surface area contributed by atoms with Crippen molar-refractivity contribution >= 4 is 28.8 Å². The Morgan fingerprint density at radius 2 is 1.90 bits per heavy atom. The van der Waals surface area contributed by atoms with E-state index in [4.69, 9.17) is 0 Å². The van der Waals surface area contributed by atoms with Gasteiger partial charge in [-0.05, 0) is 31.0 Å². The van der Waals surface area contributed by atoms with Gasteiger partial charge in [0, 0.05) is 56.8 Å². The van der Waals surface area contributed by atoms with Crippen LogP contribution in [0.1, 0.15) is 29.6 Å². The van der Waals surface area contributed by atoms with Gasteiger partial charge in [0.25, 0.3) is 0 Å². The normalized spacial score (nSPS) is 20.5. The fourth-order valence-electron chi connectivity index (χ4n) is 4.13. The fraction of sp³-hybridized carbons (Fsp3) is 0.500. The summed E-state index contributed by atoms with van der Waals surface area (Å²) in [5.41, 5.74) is 3.25. The highest BCUT2D eigenvalue weighted by atomic mass is 32.1. The third kappa shape index (κ3) is 4.51. The summed E-state index contributed by atoms with van der Waals surface area (Å²) in [5, 5.41) is 3.20. The molecule has 0 aliphatic carbocycles. The molecule has 0 bridgehead atoms. The van der Waals surface area contributed by atoms with Crippen molar-refractivity contribution in [2.24, 2.45) is 5.92 Å². The highest BCUT2D eigenvalue weighted by Crippen LogP contribution is 2.27. The lowest BCUT2D eigenvalue weighted by molar-refractivity contribution is -0.137. The Hall–Kier alpha value is -2.25. The van der Waals surface area contributed by atoms with Crippen molar-refractivity contribution in [2.45, 2.75) is 33.2 Å². The van der Waals surface area contributed by atoms with Crippen molar-refractivity contribution in [3.05, 3.63) is 45.9 Å². The second-order valence-electron chi connectivity index (χ2n) is 7.88. The van der Waals surface area contributed by atoms with Crippen LogP contribution in [-0.2, 0) is 22.6 Å². The minimum Gasteiger partial charge on any atom is -0.340 e. The SMILES string of the molecule is CCc1ccc(N2CC(C(=O)N3CCN(Cc4csc(C)n4)CC3)CC2=O)cc1. The molecule has 2 aliphatic heterocycles. The lowest BCUT2D eigenvalue weighted by Gasteiger charge is -2.35. The van der Waals surface area contributed by atoms with E-state index in [1.54, 1.807) is 16.2 Å². The van der Waals surface area contributed by atoms with Gasteiger partial charge in [-0.25, -0.2) is 4.98 Å². The molecule has 1 aromatic heterocycles. The molecule has 2 saturated heterocycles. The minimum atomic E-state index is -0.235. The number of benzene rings is 1. The van der Waals surface area contributed by atoms with Crippen LogP contribution in [-0.4, -0.2) is 59.3 Å². The third-order valence-electron chi connectivity index (χ3n) is 5.87. The minimum absolute atomic E-state index is 0.0464. The maximum atomic E-state index is 13.0. The predicted molar refractivity (Wildman–Crippen MR) is 115 cm³/mol. The van der Waals surface area contributed by atoms with Gasteiger partial charge in [-0.2, -0.15) is 0 Å². The van der Waals surface area contributed by atoms with Gasteiger partial charge in [-0.1, -0.05) is 19.1 Å². The molecule has 2 aliphatic rings. The maximum Gasteiger partial charge on any atom is 0.228 e. The number of rotatable bonds is 5. The third-order valence-corrected chi connectivity index (χ3v) is 6.69. The van der Waals surface area contributed by atoms with Gasteiger partial charge in [0.15, 0.2) is 0 Å². The van der Waals surface area contributed by atoms with Crippen LogP contribution in [0, 0.1) is 12.8 Å². The number of carbonyl (C=O) groups excluding carboxylic acids is 2. The average Bonchev–Trinajstić information content (AvgIpc) is 3.33. The van der Waals surface area contributed by atoms with Crippen LogP contribution in [0.3, 0.4) is 0 Å². The van der Waals surface area contributed by atoms with E-state index >= 15 is 0 Å². The molecule has 2 amide bonds. The first-order chi connectivity index (χ1) is 14.0. The molecule has 1 unspecified atom stereocenters. The monoisotopic (exact) mass is 412 g/mol. The van der Waals surface area contributed by atoms with Gasteiger partial charge in [0.1, 0.15) is 0 Å². The zero-order valence-electron chi connectivity index (χ0n) is 17.1. The summed E-state index contributed by atoms with van der Waals surface area (Å²) in [7, 11) is 0. The van der Waals surface area contributed by atoms with E-state index < -0.39 is 0 Å². The van der Waals surface area contributed by atoms with Gasteiger partial charge >= 0.3 is 0 Å². The number of hydrogen-bond acceptors (Lipinski definition) is 5. The van der Waals surface area contributed by atoms with E-state index in [2.05, 4.69) is 34.3 Å². The molecular formula is C22H28N4O2S. The van der Waals surface area contributed by atoms with Gasteiger partial charge < -0.3 is 9.80 Å². The fourth-order valence-corrected chi connectivity index (χ4v) is 4.73. The van der Waals surface area contributed by atoms with Gasteiger partial charge in [-0.15, -0.1) is 11.3 Å². The van der Waals surface area contributed by atoms with E-state index in [0.29, 0.717) is 13.0 Å². The maximum absolute atomic E-state index is 13.0. The van der Waals surface area contributed by atoms with Crippen LogP contribution in [0.2, 0.25) is 0 Å². The Kier molecular flexibility index (Phi) is 5.96. The lowest BCUT2D eigenvalue weighted by atomic mass is 10.1. The van der Waals surface area contributed by atoms with E-state index in [-0.39, 0.29) is 17.7 Å².